The van der Waals surface area contributed by atoms with Crippen LogP contribution in [0, 0.1) is 0 Å². The van der Waals surface area contributed by atoms with Gasteiger partial charge in [0.25, 0.3) is 0 Å². The summed E-state index contributed by atoms with van der Waals surface area (Å²) in [6, 6.07) is 8.90. The third-order valence-electron chi connectivity index (χ3n) is 4.55. The molecule has 1 aromatic carbocycles. The van der Waals surface area contributed by atoms with Crippen LogP contribution in [0.2, 0.25) is 0 Å². The summed E-state index contributed by atoms with van der Waals surface area (Å²) in [6.45, 7) is 2.09. The second-order valence-electron chi connectivity index (χ2n) is 6.42. The predicted molar refractivity (Wildman–Crippen MR) is 103 cm³/mol. The third kappa shape index (κ3) is 5.20. The maximum absolute atomic E-state index is 12.3. The molecule has 2 N–H and O–H groups in total. The lowest BCUT2D eigenvalue weighted by Crippen LogP contribution is -2.56. The molecule has 0 bridgehead atoms. The molecule has 2 aromatic rings. The van der Waals surface area contributed by atoms with Gasteiger partial charge in [-0.2, -0.15) is 0 Å². The second kappa shape index (κ2) is 9.70. The van der Waals surface area contributed by atoms with Crippen LogP contribution < -0.4 is 15.4 Å². The van der Waals surface area contributed by atoms with E-state index in [-0.39, 0.29) is 24.8 Å². The summed E-state index contributed by atoms with van der Waals surface area (Å²) in [6.07, 6.45) is 5.49. The van der Waals surface area contributed by atoms with E-state index in [1.165, 1.54) is 6.26 Å². The van der Waals surface area contributed by atoms with Crippen LogP contribution >= 0.6 is 0 Å². The molecule has 2 heterocycles. The minimum atomic E-state index is -0.506. The number of benzene rings is 1. The number of nitrogens with one attached hydrogen (secondary N) is 2. The highest BCUT2D eigenvalue weighted by atomic mass is 16.5. The van der Waals surface area contributed by atoms with Gasteiger partial charge in [-0.1, -0.05) is 35.5 Å². The van der Waals surface area contributed by atoms with Crippen molar-refractivity contribution in [1.82, 2.24) is 20.7 Å². The molecule has 0 radical (unpaired) electrons. The van der Waals surface area contributed by atoms with Gasteiger partial charge in [0, 0.05) is 31.3 Å². The van der Waals surface area contributed by atoms with Crippen molar-refractivity contribution >= 4 is 17.9 Å². The van der Waals surface area contributed by atoms with Crippen LogP contribution in [-0.4, -0.2) is 54.7 Å². The fourth-order valence-corrected chi connectivity index (χ4v) is 3.09. The fraction of sp³-hybridized carbons (Fsp3) is 0.350. The highest BCUT2D eigenvalue weighted by Crippen LogP contribution is 2.19. The minimum absolute atomic E-state index is 0.0895. The lowest BCUT2D eigenvalue weighted by atomic mass is 10.1. The Morgan fingerprint density at radius 2 is 2.29 bits per heavy atom. The maximum Gasteiger partial charge on any atom is 0.237 e. The van der Waals surface area contributed by atoms with Crippen molar-refractivity contribution in [2.75, 3.05) is 26.7 Å². The lowest BCUT2D eigenvalue weighted by Gasteiger charge is -2.33. The van der Waals surface area contributed by atoms with Crippen molar-refractivity contribution in [3.05, 3.63) is 53.9 Å². The van der Waals surface area contributed by atoms with Gasteiger partial charge >= 0.3 is 0 Å². The summed E-state index contributed by atoms with van der Waals surface area (Å²) in [5.41, 5.74) is 1.60. The molecule has 148 valence electrons. The number of nitrogens with zero attached hydrogens (tertiary/aromatic N) is 2. The van der Waals surface area contributed by atoms with Gasteiger partial charge in [0.2, 0.25) is 11.8 Å². The van der Waals surface area contributed by atoms with Crippen LogP contribution in [0.5, 0.6) is 5.75 Å². The van der Waals surface area contributed by atoms with E-state index in [0.29, 0.717) is 25.3 Å². The highest BCUT2D eigenvalue weighted by Gasteiger charge is 2.30. The van der Waals surface area contributed by atoms with E-state index in [1.807, 2.05) is 41.3 Å². The standard InChI is InChI=1S/C20H24N4O4/c1-27-18-7-3-2-5-15(18)6-4-10-24-11-9-21-20(26)17(24)13-19(25)22-14-16-8-12-28-23-16/h2-8,12,17H,9-11,13-14H2,1H3,(H,21,26)(H,22,25). The van der Waals surface area contributed by atoms with Crippen LogP contribution in [0.3, 0.4) is 0 Å². The zero-order valence-corrected chi connectivity index (χ0v) is 15.8. The van der Waals surface area contributed by atoms with E-state index in [1.54, 1.807) is 13.2 Å². The summed E-state index contributed by atoms with van der Waals surface area (Å²) < 4.78 is 10.1. The number of hydrogen-bond donors (Lipinski definition) is 2. The Morgan fingerprint density at radius 1 is 1.43 bits per heavy atom. The molecule has 0 spiro atoms. The van der Waals surface area contributed by atoms with Gasteiger partial charge in [0.05, 0.1) is 26.1 Å². The Hall–Kier alpha value is -3.13. The van der Waals surface area contributed by atoms with Crippen molar-refractivity contribution in [3.8, 4) is 5.75 Å². The number of carbonyl (C=O) groups excluding carboxylic acids is 2. The average Bonchev–Trinajstić information content (AvgIpc) is 3.23. The molecule has 1 aliphatic heterocycles. The molecule has 1 aliphatic rings. The molecule has 1 unspecified atom stereocenters. The van der Waals surface area contributed by atoms with Crippen LogP contribution in [0.15, 0.2) is 47.2 Å². The first kappa shape index (κ1) is 19.6. The third-order valence-corrected chi connectivity index (χ3v) is 4.55. The summed E-state index contributed by atoms with van der Waals surface area (Å²) >= 11 is 0. The van der Waals surface area contributed by atoms with E-state index in [0.717, 1.165) is 11.3 Å². The zero-order chi connectivity index (χ0) is 19.8. The minimum Gasteiger partial charge on any atom is -0.496 e. The molecule has 8 nitrogen and oxygen atoms in total. The highest BCUT2D eigenvalue weighted by molar-refractivity contribution is 5.88. The number of aromatic nitrogens is 1. The van der Waals surface area contributed by atoms with Crippen LogP contribution in [0.4, 0.5) is 0 Å². The summed E-state index contributed by atoms with van der Waals surface area (Å²) in [5.74, 6) is 0.455. The van der Waals surface area contributed by atoms with E-state index < -0.39 is 6.04 Å². The number of methoxy groups -OCH3 is 1. The van der Waals surface area contributed by atoms with E-state index in [4.69, 9.17) is 9.26 Å². The monoisotopic (exact) mass is 384 g/mol. The first-order valence-corrected chi connectivity index (χ1v) is 9.14. The molecule has 1 fully saturated rings. The van der Waals surface area contributed by atoms with Crippen LogP contribution in [0.1, 0.15) is 17.7 Å². The van der Waals surface area contributed by atoms with Crippen molar-refractivity contribution in [1.29, 1.82) is 0 Å². The van der Waals surface area contributed by atoms with Gasteiger partial charge in [0.1, 0.15) is 17.7 Å². The molecule has 28 heavy (non-hydrogen) atoms. The number of rotatable bonds is 8. The quantitative estimate of drug-likeness (QED) is 0.710. The average molecular weight is 384 g/mol. The number of ether oxygens (including phenoxy) is 1. The van der Waals surface area contributed by atoms with Crippen LogP contribution in [0.25, 0.3) is 6.08 Å². The van der Waals surface area contributed by atoms with E-state index in [9.17, 15) is 9.59 Å². The van der Waals surface area contributed by atoms with Gasteiger partial charge < -0.3 is 19.9 Å². The molecule has 3 rings (SSSR count). The molecule has 0 saturated carbocycles. The maximum atomic E-state index is 12.3. The Kier molecular flexibility index (Phi) is 6.80. The number of carbonyl (C=O) groups is 2. The number of piperazine rings is 1. The normalized spacial score (nSPS) is 17.5. The Balaban J connectivity index is 1.57. The van der Waals surface area contributed by atoms with Gasteiger partial charge in [-0.25, -0.2) is 0 Å². The van der Waals surface area contributed by atoms with E-state index in [2.05, 4.69) is 15.8 Å². The van der Waals surface area contributed by atoms with Crippen LogP contribution in [-0.2, 0) is 16.1 Å². The molecule has 0 aliphatic carbocycles. The largest absolute Gasteiger partial charge is 0.496 e. The number of hydrogen-bond acceptors (Lipinski definition) is 6. The van der Waals surface area contributed by atoms with Crippen molar-refractivity contribution < 1.29 is 18.8 Å². The molecular weight excluding hydrogens is 360 g/mol. The van der Waals surface area contributed by atoms with Gasteiger partial charge in [-0.15, -0.1) is 0 Å². The molecule has 1 saturated heterocycles. The lowest BCUT2D eigenvalue weighted by molar-refractivity contribution is -0.133. The number of para-hydroxylation sites is 1. The predicted octanol–water partition coefficient (Wildman–Crippen LogP) is 1.20. The van der Waals surface area contributed by atoms with Gasteiger partial charge in [-0.3, -0.25) is 14.5 Å². The van der Waals surface area contributed by atoms with Crippen molar-refractivity contribution in [3.63, 3.8) is 0 Å². The zero-order valence-electron chi connectivity index (χ0n) is 15.8. The van der Waals surface area contributed by atoms with Crippen molar-refractivity contribution in [2.24, 2.45) is 0 Å². The molecule has 1 atom stereocenters. The molecule has 1 aromatic heterocycles. The molecule has 8 heteroatoms. The summed E-state index contributed by atoms with van der Waals surface area (Å²) in [4.78, 5) is 26.6. The Labute approximate surface area is 163 Å². The molecule has 2 amide bonds. The summed E-state index contributed by atoms with van der Waals surface area (Å²) in [5, 5.41) is 9.35. The van der Waals surface area contributed by atoms with E-state index >= 15 is 0 Å². The van der Waals surface area contributed by atoms with Crippen molar-refractivity contribution in [2.45, 2.75) is 19.0 Å². The first-order valence-electron chi connectivity index (χ1n) is 9.14. The Morgan fingerprint density at radius 3 is 3.07 bits per heavy atom. The van der Waals surface area contributed by atoms with Gasteiger partial charge in [-0.05, 0) is 6.07 Å². The second-order valence-corrected chi connectivity index (χ2v) is 6.42. The number of amides is 2. The Bertz CT molecular complexity index is 819. The molecular formula is C20H24N4O4. The topological polar surface area (TPSA) is 96.7 Å². The summed E-state index contributed by atoms with van der Waals surface area (Å²) in [7, 11) is 1.63. The fourth-order valence-electron chi connectivity index (χ4n) is 3.09. The smallest absolute Gasteiger partial charge is 0.237 e. The SMILES string of the molecule is COc1ccccc1C=CCN1CCNC(=O)C1CC(=O)NCc1ccon1. The van der Waals surface area contributed by atoms with Gasteiger partial charge in [0.15, 0.2) is 0 Å². The first-order chi connectivity index (χ1) is 13.7.